The fourth-order valence-electron chi connectivity index (χ4n) is 5.41. The van der Waals surface area contributed by atoms with Crippen molar-refractivity contribution in [2.45, 2.75) is 43.5 Å². The summed E-state index contributed by atoms with van der Waals surface area (Å²) in [4.78, 5) is 2.88. The van der Waals surface area contributed by atoms with E-state index in [1.165, 1.54) is 16.7 Å². The Labute approximate surface area is 183 Å². The maximum absolute atomic E-state index is 13.6. The van der Waals surface area contributed by atoms with Gasteiger partial charge in [0.1, 0.15) is 0 Å². The van der Waals surface area contributed by atoms with E-state index < -0.39 is 10.0 Å². The first-order valence-corrected chi connectivity index (χ1v) is 12.4. The number of fused-ring (bicyclic) bond motifs is 4. The molecule has 0 amide bonds. The molecule has 2 aromatic rings. The molecular weight excluding hydrogens is 412 g/mol. The monoisotopic (exact) mass is 438 g/mol. The smallest absolute Gasteiger partial charge is 0.264 e. The van der Waals surface area contributed by atoms with Crippen molar-refractivity contribution in [1.82, 2.24) is 9.21 Å². The topological polar surface area (TPSA) is 59.1 Å². The van der Waals surface area contributed by atoms with Gasteiger partial charge in [0, 0.05) is 37.8 Å². The van der Waals surface area contributed by atoms with E-state index in [0.29, 0.717) is 17.9 Å². The van der Waals surface area contributed by atoms with Crippen molar-refractivity contribution in [3.8, 4) is 11.5 Å². The summed E-state index contributed by atoms with van der Waals surface area (Å²) in [7, 11) is -3.56. The Morgan fingerprint density at radius 1 is 1.00 bits per heavy atom. The van der Waals surface area contributed by atoms with Gasteiger partial charge in [0.2, 0.25) is 6.79 Å². The van der Waals surface area contributed by atoms with Gasteiger partial charge in [-0.15, -0.1) is 0 Å². The van der Waals surface area contributed by atoms with Crippen molar-refractivity contribution in [3.05, 3.63) is 64.4 Å². The molecule has 31 heavy (non-hydrogen) atoms. The number of sulfonamides is 1. The van der Waals surface area contributed by atoms with Crippen LogP contribution in [0.5, 0.6) is 11.5 Å². The molecule has 7 heteroatoms. The third kappa shape index (κ3) is 3.05. The van der Waals surface area contributed by atoms with Crippen LogP contribution in [0.1, 0.15) is 42.0 Å². The van der Waals surface area contributed by atoms with Crippen molar-refractivity contribution in [2.24, 2.45) is 0 Å². The Balaban J connectivity index is 1.38. The first-order chi connectivity index (χ1) is 15.0. The summed E-state index contributed by atoms with van der Waals surface area (Å²) in [6.07, 6.45) is 3.55. The quantitative estimate of drug-likeness (QED) is 0.715. The second-order valence-corrected chi connectivity index (χ2v) is 10.8. The Morgan fingerprint density at radius 2 is 1.77 bits per heavy atom. The zero-order chi connectivity index (χ0) is 21.2. The lowest BCUT2D eigenvalue weighted by atomic mass is 9.84. The summed E-state index contributed by atoms with van der Waals surface area (Å²) in [5.74, 6) is 1.62. The molecule has 4 aliphatic rings. The predicted octanol–water partition coefficient (Wildman–Crippen LogP) is 3.77. The molecule has 0 fully saturated rings. The van der Waals surface area contributed by atoms with Crippen molar-refractivity contribution in [1.29, 1.82) is 0 Å². The molecule has 6 nitrogen and oxygen atoms in total. The van der Waals surface area contributed by atoms with Gasteiger partial charge in [-0.2, -0.15) is 0 Å². The minimum Gasteiger partial charge on any atom is -0.454 e. The Bertz CT molecular complexity index is 1190. The van der Waals surface area contributed by atoms with E-state index in [0.717, 1.165) is 55.1 Å². The normalized spacial score (nSPS) is 22.7. The molecule has 0 N–H and O–H groups in total. The molecule has 162 valence electrons. The summed E-state index contributed by atoms with van der Waals surface area (Å²) < 4.78 is 40.0. The van der Waals surface area contributed by atoms with Crippen molar-refractivity contribution < 1.29 is 17.9 Å². The van der Waals surface area contributed by atoms with Crippen LogP contribution < -0.4 is 9.47 Å². The molecule has 0 radical (unpaired) electrons. The number of nitrogens with zero attached hydrogens (tertiary/aromatic N) is 2. The highest BCUT2D eigenvalue weighted by molar-refractivity contribution is 7.89. The number of benzene rings is 2. The first kappa shape index (κ1) is 19.2. The second kappa shape index (κ2) is 7.00. The van der Waals surface area contributed by atoms with Crippen LogP contribution in [0.2, 0.25) is 0 Å². The third-order valence-electron chi connectivity index (χ3n) is 7.04. The Morgan fingerprint density at radius 3 is 2.58 bits per heavy atom. The predicted molar refractivity (Wildman–Crippen MR) is 117 cm³/mol. The molecule has 4 aliphatic heterocycles. The van der Waals surface area contributed by atoms with Crippen LogP contribution in [0, 0.1) is 6.92 Å². The maximum Gasteiger partial charge on any atom is 0.264 e. The lowest BCUT2D eigenvalue weighted by molar-refractivity contribution is 0.167. The van der Waals surface area contributed by atoms with E-state index >= 15 is 0 Å². The van der Waals surface area contributed by atoms with Crippen LogP contribution in [0.3, 0.4) is 0 Å². The Kier molecular flexibility index (Phi) is 4.34. The lowest BCUT2D eigenvalue weighted by Gasteiger charge is -2.46. The fraction of sp³-hybridized carbons (Fsp3) is 0.417. The summed E-state index contributed by atoms with van der Waals surface area (Å²) in [6, 6.07) is 11.6. The molecule has 1 unspecified atom stereocenters. The highest BCUT2D eigenvalue weighted by Gasteiger charge is 2.40. The van der Waals surface area contributed by atoms with Gasteiger partial charge in [0.15, 0.2) is 11.5 Å². The zero-order valence-corrected chi connectivity index (χ0v) is 18.5. The highest BCUT2D eigenvalue weighted by Crippen LogP contribution is 2.46. The maximum atomic E-state index is 13.6. The molecule has 0 bridgehead atoms. The number of hydrogen-bond acceptors (Lipinski definition) is 5. The minimum absolute atomic E-state index is 0.172. The average Bonchev–Trinajstić information content (AvgIpc) is 3.23. The summed E-state index contributed by atoms with van der Waals surface area (Å²) in [5.41, 5.74) is 5.88. The van der Waals surface area contributed by atoms with Crippen molar-refractivity contribution >= 4 is 10.0 Å². The molecule has 2 aromatic carbocycles. The van der Waals surface area contributed by atoms with Crippen molar-refractivity contribution in [2.75, 3.05) is 26.4 Å². The van der Waals surface area contributed by atoms with E-state index in [4.69, 9.17) is 9.47 Å². The van der Waals surface area contributed by atoms with Gasteiger partial charge in [0.05, 0.1) is 4.90 Å². The van der Waals surface area contributed by atoms with Crippen LogP contribution in [-0.2, 0) is 16.4 Å². The highest BCUT2D eigenvalue weighted by atomic mass is 32.2. The van der Waals surface area contributed by atoms with Crippen LogP contribution in [0.4, 0.5) is 0 Å². The molecule has 6 rings (SSSR count). The summed E-state index contributed by atoms with van der Waals surface area (Å²) >= 11 is 0. The van der Waals surface area contributed by atoms with Crippen LogP contribution in [0.25, 0.3) is 0 Å². The average molecular weight is 439 g/mol. The second-order valence-electron chi connectivity index (χ2n) is 8.89. The zero-order valence-electron chi connectivity index (χ0n) is 17.6. The molecule has 0 saturated heterocycles. The Hall–Kier alpha value is -2.51. The van der Waals surface area contributed by atoms with E-state index in [1.807, 2.05) is 19.1 Å². The molecule has 1 atom stereocenters. The van der Waals surface area contributed by atoms with E-state index in [1.54, 1.807) is 16.4 Å². The summed E-state index contributed by atoms with van der Waals surface area (Å²) in [5, 5.41) is 0. The van der Waals surface area contributed by atoms with Crippen molar-refractivity contribution in [3.63, 3.8) is 0 Å². The number of rotatable bonds is 2. The van der Waals surface area contributed by atoms with Gasteiger partial charge in [-0.05, 0) is 67.2 Å². The summed E-state index contributed by atoms with van der Waals surface area (Å²) in [6.45, 7) is 4.62. The number of ether oxygens (including phenoxy) is 2. The van der Waals surface area contributed by atoms with Gasteiger partial charge in [-0.1, -0.05) is 17.7 Å². The van der Waals surface area contributed by atoms with Gasteiger partial charge < -0.3 is 9.47 Å². The largest absolute Gasteiger partial charge is 0.454 e. The van der Waals surface area contributed by atoms with Gasteiger partial charge in [-0.25, -0.2) is 8.42 Å². The molecule has 0 spiro atoms. The number of hydrogen-bond donors (Lipinski definition) is 0. The van der Waals surface area contributed by atoms with Crippen LogP contribution >= 0.6 is 0 Å². The van der Waals surface area contributed by atoms with Gasteiger partial charge in [-0.3, -0.25) is 9.21 Å². The molecule has 0 aliphatic carbocycles. The van der Waals surface area contributed by atoms with E-state index in [-0.39, 0.29) is 12.8 Å². The standard InChI is InChI=1S/C24H26N2O4S/c1-16-4-6-19(7-5-16)31(27,28)26-9-2-3-18-14-25-10-8-17-11-23-24(30-15-29-23)12-20(17)22(25)13-21(18)26/h4-7,11-12,22H,2-3,8-10,13-15H2,1H3. The first-order valence-electron chi connectivity index (χ1n) is 11.0. The van der Waals surface area contributed by atoms with E-state index in [9.17, 15) is 8.42 Å². The fourth-order valence-corrected chi connectivity index (χ4v) is 7.01. The molecule has 4 heterocycles. The van der Waals surface area contributed by atoms with E-state index in [2.05, 4.69) is 17.0 Å². The molecule has 0 saturated carbocycles. The van der Waals surface area contributed by atoms with Gasteiger partial charge in [0.25, 0.3) is 10.0 Å². The molecular formula is C24H26N2O4S. The van der Waals surface area contributed by atoms with Gasteiger partial charge >= 0.3 is 0 Å². The van der Waals surface area contributed by atoms with Crippen LogP contribution in [0.15, 0.2) is 52.6 Å². The third-order valence-corrected chi connectivity index (χ3v) is 8.89. The number of aryl methyl sites for hydroxylation is 1. The molecule has 0 aromatic heterocycles. The minimum atomic E-state index is -3.56. The SMILES string of the molecule is Cc1ccc(S(=O)(=O)N2CCCC3=C2CC2c4cc5c(cc4CCN2C3)OCO5)cc1. The van der Waals surface area contributed by atoms with Crippen LogP contribution in [-0.4, -0.2) is 44.1 Å². The lowest BCUT2D eigenvalue weighted by Crippen LogP contribution is -2.45.